The molecule has 2 rings (SSSR count). The highest BCUT2D eigenvalue weighted by atomic mass is 16.5. The van der Waals surface area contributed by atoms with E-state index in [9.17, 15) is 0 Å². The van der Waals surface area contributed by atoms with Crippen molar-refractivity contribution in [3.8, 4) is 11.5 Å². The largest absolute Gasteiger partial charge is 0.457 e. The summed E-state index contributed by atoms with van der Waals surface area (Å²) in [5.74, 6) is 1.75. The summed E-state index contributed by atoms with van der Waals surface area (Å²) in [5.41, 5.74) is 4.16. The maximum absolute atomic E-state index is 6.26. The summed E-state index contributed by atoms with van der Waals surface area (Å²) < 4.78 is 6.26. The van der Waals surface area contributed by atoms with Crippen LogP contribution in [0.15, 0.2) is 49.0 Å². The standard InChI is InChI=1S/C30H44O/c1-8-11-13-21-29(4,5)25-15-18-27(19-16-25)31-28-20-17-26(23-24(28)10-3)30(6,7)22-14-12-9-2/h10,15-20,23H,3,8-9,11-14,21-22H2,1-2,4-7H3. The van der Waals surface area contributed by atoms with E-state index in [2.05, 4.69) is 90.6 Å². The number of unbranched alkanes of at least 4 members (excludes halogenated alkanes) is 4. The van der Waals surface area contributed by atoms with Gasteiger partial charge in [-0.1, -0.05) is 111 Å². The zero-order chi connectivity index (χ0) is 22.9. The van der Waals surface area contributed by atoms with Crippen LogP contribution in [0.1, 0.15) is 110 Å². The predicted octanol–water partition coefficient (Wildman–Crippen LogP) is 9.84. The summed E-state index contributed by atoms with van der Waals surface area (Å²) in [6.07, 6.45) is 12.0. The van der Waals surface area contributed by atoms with Crippen LogP contribution >= 0.6 is 0 Å². The van der Waals surface area contributed by atoms with Crippen molar-refractivity contribution in [3.05, 3.63) is 65.7 Å². The summed E-state index contributed by atoms with van der Waals surface area (Å²) >= 11 is 0. The molecule has 0 saturated carbocycles. The molecule has 0 radical (unpaired) electrons. The summed E-state index contributed by atoms with van der Waals surface area (Å²) in [6.45, 7) is 17.9. The van der Waals surface area contributed by atoms with Crippen molar-refractivity contribution in [1.29, 1.82) is 0 Å². The van der Waals surface area contributed by atoms with Crippen LogP contribution in [-0.2, 0) is 10.8 Å². The maximum atomic E-state index is 6.26. The Bertz CT molecular complexity index is 811. The van der Waals surface area contributed by atoms with Gasteiger partial charge in [0.25, 0.3) is 0 Å². The smallest absolute Gasteiger partial charge is 0.134 e. The van der Waals surface area contributed by atoms with Gasteiger partial charge in [0.1, 0.15) is 11.5 Å². The van der Waals surface area contributed by atoms with Crippen molar-refractivity contribution >= 4 is 6.08 Å². The number of hydrogen-bond acceptors (Lipinski definition) is 1. The van der Waals surface area contributed by atoms with Crippen molar-refractivity contribution in [2.75, 3.05) is 0 Å². The molecule has 170 valence electrons. The van der Waals surface area contributed by atoms with E-state index in [1.165, 1.54) is 62.5 Å². The first-order valence-electron chi connectivity index (χ1n) is 12.3. The second kappa shape index (κ2) is 11.6. The first-order chi connectivity index (χ1) is 14.7. The highest BCUT2D eigenvalue weighted by Crippen LogP contribution is 2.36. The molecule has 0 aliphatic heterocycles. The Morgan fingerprint density at radius 1 is 0.742 bits per heavy atom. The van der Waals surface area contributed by atoms with Gasteiger partial charge in [-0.3, -0.25) is 0 Å². The molecule has 0 spiro atoms. The molecule has 0 amide bonds. The Morgan fingerprint density at radius 3 is 1.77 bits per heavy atom. The first kappa shape index (κ1) is 25.2. The lowest BCUT2D eigenvalue weighted by Gasteiger charge is -2.26. The Hall–Kier alpha value is -2.02. The molecule has 0 N–H and O–H groups in total. The molecular weight excluding hydrogens is 376 g/mol. The molecule has 0 atom stereocenters. The van der Waals surface area contributed by atoms with Crippen LogP contribution in [-0.4, -0.2) is 0 Å². The molecule has 0 bridgehead atoms. The summed E-state index contributed by atoms with van der Waals surface area (Å²) in [4.78, 5) is 0. The molecule has 0 saturated heterocycles. The summed E-state index contributed by atoms with van der Waals surface area (Å²) in [5, 5.41) is 0. The van der Waals surface area contributed by atoms with Crippen molar-refractivity contribution in [3.63, 3.8) is 0 Å². The monoisotopic (exact) mass is 420 g/mol. The second-order valence-electron chi connectivity index (χ2n) is 10.3. The average Bonchev–Trinajstić information content (AvgIpc) is 2.74. The van der Waals surface area contributed by atoms with E-state index in [0.717, 1.165) is 17.1 Å². The third-order valence-electron chi connectivity index (χ3n) is 6.69. The second-order valence-corrected chi connectivity index (χ2v) is 10.3. The Morgan fingerprint density at radius 2 is 1.26 bits per heavy atom. The van der Waals surface area contributed by atoms with Crippen molar-refractivity contribution in [2.24, 2.45) is 0 Å². The lowest BCUT2D eigenvalue weighted by molar-refractivity contribution is 0.445. The minimum Gasteiger partial charge on any atom is -0.457 e. The van der Waals surface area contributed by atoms with E-state index in [1.807, 2.05) is 6.08 Å². The van der Waals surface area contributed by atoms with Crippen LogP contribution in [0.2, 0.25) is 0 Å². The molecule has 31 heavy (non-hydrogen) atoms. The minimum atomic E-state index is 0.163. The normalized spacial score (nSPS) is 12.1. The average molecular weight is 421 g/mol. The highest BCUT2D eigenvalue weighted by Gasteiger charge is 2.22. The van der Waals surface area contributed by atoms with Crippen LogP contribution in [0.3, 0.4) is 0 Å². The van der Waals surface area contributed by atoms with Crippen LogP contribution in [0.4, 0.5) is 0 Å². The third kappa shape index (κ3) is 7.27. The highest BCUT2D eigenvalue weighted by molar-refractivity contribution is 5.58. The molecule has 0 aliphatic rings. The fraction of sp³-hybridized carbons (Fsp3) is 0.533. The number of rotatable bonds is 13. The SMILES string of the molecule is C=Cc1cc(C(C)(C)CCCCC)ccc1Oc1ccc(C(C)(C)CCCCC)cc1. The Labute approximate surface area is 191 Å². The van der Waals surface area contributed by atoms with Gasteiger partial charge in [-0.05, 0) is 59.1 Å². The molecule has 1 nitrogen and oxygen atoms in total. The summed E-state index contributed by atoms with van der Waals surface area (Å²) in [7, 11) is 0. The van der Waals surface area contributed by atoms with E-state index in [-0.39, 0.29) is 10.8 Å². The van der Waals surface area contributed by atoms with Crippen molar-refractivity contribution in [2.45, 2.75) is 104 Å². The fourth-order valence-corrected chi connectivity index (χ4v) is 4.25. The van der Waals surface area contributed by atoms with Crippen LogP contribution in [0, 0.1) is 0 Å². The minimum absolute atomic E-state index is 0.163. The van der Waals surface area contributed by atoms with Crippen LogP contribution < -0.4 is 4.74 Å². The maximum Gasteiger partial charge on any atom is 0.134 e. The predicted molar refractivity (Wildman–Crippen MR) is 137 cm³/mol. The molecule has 0 aromatic heterocycles. The number of benzene rings is 2. The lowest BCUT2D eigenvalue weighted by atomic mass is 9.79. The molecule has 0 aliphatic carbocycles. The third-order valence-corrected chi connectivity index (χ3v) is 6.69. The molecule has 0 unspecified atom stereocenters. The van der Waals surface area contributed by atoms with Crippen LogP contribution in [0.25, 0.3) is 6.08 Å². The molecular formula is C30H44O. The topological polar surface area (TPSA) is 9.23 Å². The van der Waals surface area contributed by atoms with E-state index in [0.29, 0.717) is 0 Å². The van der Waals surface area contributed by atoms with Crippen molar-refractivity contribution in [1.82, 2.24) is 0 Å². The molecule has 2 aromatic carbocycles. The van der Waals surface area contributed by atoms with Gasteiger partial charge >= 0.3 is 0 Å². The van der Waals surface area contributed by atoms with Crippen LogP contribution in [0.5, 0.6) is 11.5 Å². The Kier molecular flexibility index (Phi) is 9.41. The zero-order valence-electron chi connectivity index (χ0n) is 20.9. The fourth-order valence-electron chi connectivity index (χ4n) is 4.25. The van der Waals surface area contributed by atoms with Crippen molar-refractivity contribution < 1.29 is 4.74 Å². The lowest BCUT2D eigenvalue weighted by Crippen LogP contribution is -2.17. The van der Waals surface area contributed by atoms with Gasteiger partial charge in [0.05, 0.1) is 0 Å². The summed E-state index contributed by atoms with van der Waals surface area (Å²) in [6, 6.07) is 15.2. The van der Waals surface area contributed by atoms with E-state index in [4.69, 9.17) is 4.74 Å². The molecule has 0 fully saturated rings. The Balaban J connectivity index is 2.13. The zero-order valence-corrected chi connectivity index (χ0v) is 20.9. The van der Waals surface area contributed by atoms with Gasteiger partial charge in [-0.15, -0.1) is 0 Å². The van der Waals surface area contributed by atoms with E-state index >= 15 is 0 Å². The van der Waals surface area contributed by atoms with Gasteiger partial charge in [-0.2, -0.15) is 0 Å². The van der Waals surface area contributed by atoms with Gasteiger partial charge in [0, 0.05) is 5.56 Å². The molecule has 2 aromatic rings. The first-order valence-corrected chi connectivity index (χ1v) is 12.3. The van der Waals surface area contributed by atoms with E-state index < -0.39 is 0 Å². The van der Waals surface area contributed by atoms with Gasteiger partial charge in [-0.25, -0.2) is 0 Å². The quantitative estimate of drug-likeness (QED) is 0.293. The number of ether oxygens (including phenoxy) is 1. The van der Waals surface area contributed by atoms with E-state index in [1.54, 1.807) is 0 Å². The van der Waals surface area contributed by atoms with Gasteiger partial charge in [0.15, 0.2) is 0 Å². The molecule has 0 heterocycles. The van der Waals surface area contributed by atoms with Gasteiger partial charge < -0.3 is 4.74 Å². The van der Waals surface area contributed by atoms with Gasteiger partial charge in [0.2, 0.25) is 0 Å². The number of hydrogen-bond donors (Lipinski definition) is 0. The molecule has 1 heteroatoms.